The second-order valence-corrected chi connectivity index (χ2v) is 7.62. The van der Waals surface area contributed by atoms with E-state index in [4.69, 9.17) is 14.2 Å². The fourth-order valence-electron chi connectivity index (χ4n) is 4.45. The molecule has 30 heavy (non-hydrogen) atoms. The van der Waals surface area contributed by atoms with Crippen molar-refractivity contribution < 1.29 is 23.8 Å². The van der Waals surface area contributed by atoms with Gasteiger partial charge in [0.1, 0.15) is 5.75 Å². The number of methoxy groups -OCH3 is 3. The first kappa shape index (κ1) is 20.0. The first-order valence-electron chi connectivity index (χ1n) is 9.96. The van der Waals surface area contributed by atoms with Crippen molar-refractivity contribution >= 4 is 11.7 Å². The summed E-state index contributed by atoms with van der Waals surface area (Å²) in [6.07, 6.45) is 1.26. The maximum absolute atomic E-state index is 13.2. The Kier molecular flexibility index (Phi) is 5.48. The molecule has 1 N–H and O–H groups in total. The first-order valence-corrected chi connectivity index (χ1v) is 9.96. The number of ether oxygens (including phenoxy) is 3. The molecule has 0 saturated heterocycles. The Morgan fingerprint density at radius 1 is 0.833 bits per heavy atom. The molecular formula is C24H25NO5. The number of amides is 1. The SMILES string of the molecule is COc1cccc(C2CC(=O)C3=C(C2)NC(=O)CC3c2ccc(OC)c(OC)c2)c1. The number of hydrogen-bond acceptors (Lipinski definition) is 5. The molecule has 6 nitrogen and oxygen atoms in total. The number of carbonyl (C=O) groups excluding carboxylic acids is 2. The highest BCUT2D eigenvalue weighted by Gasteiger charge is 2.38. The summed E-state index contributed by atoms with van der Waals surface area (Å²) in [5, 5.41) is 2.96. The lowest BCUT2D eigenvalue weighted by Crippen LogP contribution is -2.38. The highest BCUT2D eigenvalue weighted by Crippen LogP contribution is 2.44. The van der Waals surface area contributed by atoms with Crippen molar-refractivity contribution in [2.45, 2.75) is 31.1 Å². The maximum Gasteiger partial charge on any atom is 0.225 e. The third-order valence-electron chi connectivity index (χ3n) is 5.91. The zero-order chi connectivity index (χ0) is 21.3. The number of allylic oxidation sites excluding steroid dienone is 2. The normalized spacial score (nSPS) is 21.0. The van der Waals surface area contributed by atoms with Gasteiger partial charge < -0.3 is 19.5 Å². The lowest BCUT2D eigenvalue weighted by Gasteiger charge is -2.34. The molecule has 0 aromatic heterocycles. The van der Waals surface area contributed by atoms with Crippen LogP contribution in [-0.4, -0.2) is 33.0 Å². The van der Waals surface area contributed by atoms with E-state index in [1.54, 1.807) is 21.3 Å². The molecule has 2 aliphatic rings. The molecule has 0 fully saturated rings. The molecule has 156 valence electrons. The van der Waals surface area contributed by atoms with Crippen LogP contribution in [-0.2, 0) is 9.59 Å². The van der Waals surface area contributed by atoms with E-state index in [0.29, 0.717) is 29.9 Å². The van der Waals surface area contributed by atoms with E-state index < -0.39 is 0 Å². The van der Waals surface area contributed by atoms with E-state index in [1.165, 1.54) is 0 Å². The Bertz CT molecular complexity index is 1030. The Balaban J connectivity index is 1.70. The van der Waals surface area contributed by atoms with Gasteiger partial charge in [-0.05, 0) is 47.7 Å². The molecular weight excluding hydrogens is 382 g/mol. The summed E-state index contributed by atoms with van der Waals surface area (Å²) in [5.74, 6) is 1.68. The van der Waals surface area contributed by atoms with Gasteiger partial charge in [-0.3, -0.25) is 9.59 Å². The van der Waals surface area contributed by atoms with Crippen LogP contribution in [0.15, 0.2) is 53.7 Å². The minimum atomic E-state index is -0.285. The number of rotatable bonds is 5. The van der Waals surface area contributed by atoms with Gasteiger partial charge in [0.25, 0.3) is 0 Å². The molecule has 2 unspecified atom stereocenters. The van der Waals surface area contributed by atoms with Crippen molar-refractivity contribution in [2.24, 2.45) is 0 Å². The molecule has 0 bridgehead atoms. The fourth-order valence-corrected chi connectivity index (χ4v) is 4.45. The second kappa shape index (κ2) is 8.22. The van der Waals surface area contributed by atoms with Gasteiger partial charge in [-0.1, -0.05) is 18.2 Å². The number of benzene rings is 2. The highest BCUT2D eigenvalue weighted by atomic mass is 16.5. The van der Waals surface area contributed by atoms with E-state index in [2.05, 4.69) is 5.32 Å². The molecule has 0 spiro atoms. The van der Waals surface area contributed by atoms with Crippen LogP contribution in [0.1, 0.15) is 42.2 Å². The van der Waals surface area contributed by atoms with Gasteiger partial charge in [0.2, 0.25) is 5.91 Å². The third-order valence-corrected chi connectivity index (χ3v) is 5.91. The minimum Gasteiger partial charge on any atom is -0.497 e. The molecule has 2 atom stereocenters. The van der Waals surface area contributed by atoms with Crippen LogP contribution < -0.4 is 19.5 Å². The van der Waals surface area contributed by atoms with E-state index in [1.807, 2.05) is 42.5 Å². The summed E-state index contributed by atoms with van der Waals surface area (Å²) < 4.78 is 16.1. The largest absolute Gasteiger partial charge is 0.497 e. The lowest BCUT2D eigenvalue weighted by atomic mass is 9.73. The zero-order valence-electron chi connectivity index (χ0n) is 17.4. The molecule has 1 aliphatic carbocycles. The monoisotopic (exact) mass is 407 g/mol. The molecule has 4 rings (SSSR count). The van der Waals surface area contributed by atoms with Crippen LogP contribution in [0.25, 0.3) is 0 Å². The summed E-state index contributed by atoms with van der Waals surface area (Å²) in [7, 11) is 4.78. The minimum absolute atomic E-state index is 0.0100. The third kappa shape index (κ3) is 3.65. The Labute approximate surface area is 175 Å². The van der Waals surface area contributed by atoms with Crippen LogP contribution in [0.5, 0.6) is 17.2 Å². The van der Waals surface area contributed by atoms with Crippen molar-refractivity contribution in [3.05, 3.63) is 64.9 Å². The molecule has 1 aliphatic heterocycles. The molecule has 1 amide bonds. The maximum atomic E-state index is 13.2. The van der Waals surface area contributed by atoms with Crippen molar-refractivity contribution in [3.63, 3.8) is 0 Å². The number of hydrogen-bond donors (Lipinski definition) is 1. The van der Waals surface area contributed by atoms with Gasteiger partial charge in [-0.2, -0.15) is 0 Å². The van der Waals surface area contributed by atoms with Crippen molar-refractivity contribution in [3.8, 4) is 17.2 Å². The Hall–Kier alpha value is -3.28. The van der Waals surface area contributed by atoms with Gasteiger partial charge in [0, 0.05) is 30.0 Å². The fraction of sp³-hybridized carbons (Fsp3) is 0.333. The summed E-state index contributed by atoms with van der Waals surface area (Å²) in [5.41, 5.74) is 3.36. The van der Waals surface area contributed by atoms with Gasteiger partial charge in [0.15, 0.2) is 17.3 Å². The summed E-state index contributed by atoms with van der Waals surface area (Å²) >= 11 is 0. The zero-order valence-corrected chi connectivity index (χ0v) is 17.4. The number of nitrogens with one attached hydrogen (secondary N) is 1. The van der Waals surface area contributed by atoms with Gasteiger partial charge >= 0.3 is 0 Å². The highest BCUT2D eigenvalue weighted by molar-refractivity contribution is 6.02. The average Bonchev–Trinajstić information content (AvgIpc) is 2.77. The summed E-state index contributed by atoms with van der Waals surface area (Å²) in [6, 6.07) is 13.3. The molecule has 0 saturated carbocycles. The Morgan fingerprint density at radius 2 is 1.63 bits per heavy atom. The molecule has 6 heteroatoms. The van der Waals surface area contributed by atoms with Crippen LogP contribution in [0.2, 0.25) is 0 Å². The van der Waals surface area contributed by atoms with Crippen molar-refractivity contribution in [1.29, 1.82) is 0 Å². The molecule has 1 heterocycles. The molecule has 2 aromatic carbocycles. The molecule has 2 aromatic rings. The van der Waals surface area contributed by atoms with Crippen molar-refractivity contribution in [1.82, 2.24) is 5.32 Å². The average molecular weight is 407 g/mol. The van der Waals surface area contributed by atoms with E-state index in [9.17, 15) is 9.59 Å². The smallest absolute Gasteiger partial charge is 0.225 e. The van der Waals surface area contributed by atoms with Gasteiger partial charge in [0.05, 0.1) is 21.3 Å². The second-order valence-electron chi connectivity index (χ2n) is 7.62. The summed E-state index contributed by atoms with van der Waals surface area (Å²) in [4.78, 5) is 25.7. The standard InChI is InChI=1S/C24H25NO5/c1-28-17-6-4-5-14(9-17)16-10-19-24(20(26)11-16)18(13-23(27)25-19)15-7-8-21(29-2)22(12-15)30-3/h4-9,12,16,18H,10-11,13H2,1-3H3,(H,25,27). The number of ketones is 1. The predicted molar refractivity (Wildman–Crippen MR) is 112 cm³/mol. The number of Topliss-reactive ketones (excluding diaryl/α,β-unsaturated/α-hetero) is 1. The number of carbonyl (C=O) groups is 2. The summed E-state index contributed by atoms with van der Waals surface area (Å²) in [6.45, 7) is 0. The van der Waals surface area contributed by atoms with Gasteiger partial charge in [-0.15, -0.1) is 0 Å². The van der Waals surface area contributed by atoms with E-state index >= 15 is 0 Å². The van der Waals surface area contributed by atoms with Crippen LogP contribution >= 0.6 is 0 Å². The topological polar surface area (TPSA) is 73.9 Å². The van der Waals surface area contributed by atoms with Crippen LogP contribution in [0.3, 0.4) is 0 Å². The van der Waals surface area contributed by atoms with Crippen molar-refractivity contribution in [2.75, 3.05) is 21.3 Å². The Morgan fingerprint density at radius 3 is 2.37 bits per heavy atom. The molecule has 0 radical (unpaired) electrons. The van der Waals surface area contributed by atoms with Crippen LogP contribution in [0.4, 0.5) is 0 Å². The van der Waals surface area contributed by atoms with E-state index in [-0.39, 0.29) is 29.9 Å². The quantitative estimate of drug-likeness (QED) is 0.818. The first-order chi connectivity index (χ1) is 14.5. The lowest BCUT2D eigenvalue weighted by molar-refractivity contribution is -0.122. The predicted octanol–water partition coefficient (Wildman–Crippen LogP) is 3.72. The van der Waals surface area contributed by atoms with E-state index in [0.717, 1.165) is 22.6 Å². The van der Waals surface area contributed by atoms with Crippen LogP contribution in [0, 0.1) is 0 Å². The van der Waals surface area contributed by atoms with Gasteiger partial charge in [-0.25, -0.2) is 0 Å².